The van der Waals surface area contributed by atoms with E-state index in [1.54, 1.807) is 0 Å². The first kappa shape index (κ1) is 21.5. The second-order valence-electron chi connectivity index (χ2n) is 7.47. The van der Waals surface area contributed by atoms with Gasteiger partial charge in [-0.15, -0.1) is 0 Å². The molecule has 0 bridgehead atoms. The maximum Gasteiger partial charge on any atom is 0.161 e. The Kier molecular flexibility index (Phi) is 8.00. The quantitative estimate of drug-likeness (QED) is 0.334. The van der Waals surface area contributed by atoms with Crippen molar-refractivity contribution in [3.63, 3.8) is 0 Å². The Bertz CT molecular complexity index is 885. The molecule has 0 amide bonds. The van der Waals surface area contributed by atoms with Crippen molar-refractivity contribution < 1.29 is 14.2 Å². The molecule has 2 aromatic carbocycles. The van der Waals surface area contributed by atoms with Crippen LogP contribution in [-0.2, 0) is 11.3 Å². The molecular weight excluding hydrogens is 374 g/mol. The molecule has 1 aliphatic rings. The molecule has 0 saturated heterocycles. The fourth-order valence-corrected chi connectivity index (χ4v) is 3.28. The zero-order valence-corrected chi connectivity index (χ0v) is 17.4. The minimum Gasteiger partial charge on any atom is -0.485 e. The van der Waals surface area contributed by atoms with E-state index < -0.39 is 0 Å². The first-order valence-corrected chi connectivity index (χ1v) is 10.2. The average Bonchev–Trinajstić information content (AvgIpc) is 2.78. The third-order valence-electron chi connectivity index (χ3n) is 5.12. The van der Waals surface area contributed by atoms with Crippen LogP contribution in [0.2, 0.25) is 0 Å². The molecule has 2 atom stereocenters. The SMILES string of the molecule is C#CNCCOC[C@@H](Oc1ccccc1OCc1ccccc1)C1(C)C=CC=CC1. The molecule has 0 fully saturated rings. The largest absolute Gasteiger partial charge is 0.485 e. The van der Waals surface area contributed by atoms with Gasteiger partial charge in [0, 0.05) is 18.0 Å². The van der Waals surface area contributed by atoms with Gasteiger partial charge in [-0.05, 0) is 24.1 Å². The van der Waals surface area contributed by atoms with Gasteiger partial charge in [-0.3, -0.25) is 0 Å². The van der Waals surface area contributed by atoms with Gasteiger partial charge in [-0.2, -0.15) is 0 Å². The predicted molar refractivity (Wildman–Crippen MR) is 120 cm³/mol. The lowest BCUT2D eigenvalue weighted by Crippen LogP contribution is -2.40. The Labute approximate surface area is 179 Å². The molecule has 156 valence electrons. The first-order chi connectivity index (χ1) is 14.7. The van der Waals surface area contributed by atoms with Crippen molar-refractivity contribution in [2.75, 3.05) is 19.8 Å². The number of terminal acetylenes is 1. The molecule has 0 spiro atoms. The molecule has 1 unspecified atom stereocenters. The number of ether oxygens (including phenoxy) is 3. The number of allylic oxidation sites excluding steroid dienone is 3. The van der Waals surface area contributed by atoms with Crippen molar-refractivity contribution in [3.05, 3.63) is 84.5 Å². The van der Waals surface area contributed by atoms with Gasteiger partial charge in [0.1, 0.15) is 12.7 Å². The summed E-state index contributed by atoms with van der Waals surface area (Å²) in [6.45, 7) is 4.25. The smallest absolute Gasteiger partial charge is 0.161 e. The minimum atomic E-state index is -0.180. The number of nitrogens with one attached hydrogen (secondary N) is 1. The van der Waals surface area contributed by atoms with Gasteiger partial charge in [-0.1, -0.05) is 80.1 Å². The second-order valence-corrected chi connectivity index (χ2v) is 7.47. The zero-order chi connectivity index (χ0) is 21.1. The Balaban J connectivity index is 1.71. The summed E-state index contributed by atoms with van der Waals surface area (Å²) in [6, 6.07) is 20.3. The van der Waals surface area contributed by atoms with Crippen LogP contribution in [-0.4, -0.2) is 25.9 Å². The molecule has 1 aliphatic carbocycles. The second kappa shape index (κ2) is 11.1. The number of hydrogen-bond acceptors (Lipinski definition) is 4. The van der Waals surface area contributed by atoms with Crippen LogP contribution in [0.25, 0.3) is 0 Å². The van der Waals surface area contributed by atoms with E-state index in [0.717, 1.165) is 17.7 Å². The summed E-state index contributed by atoms with van der Waals surface area (Å²) in [4.78, 5) is 0. The molecule has 0 radical (unpaired) electrons. The summed E-state index contributed by atoms with van der Waals surface area (Å²) in [5, 5.41) is 2.82. The maximum absolute atomic E-state index is 6.49. The highest BCUT2D eigenvalue weighted by Gasteiger charge is 2.34. The van der Waals surface area contributed by atoms with Gasteiger partial charge in [-0.25, -0.2) is 0 Å². The third kappa shape index (κ3) is 6.17. The van der Waals surface area contributed by atoms with Gasteiger partial charge in [0.05, 0.1) is 13.2 Å². The zero-order valence-electron chi connectivity index (χ0n) is 17.4. The number of para-hydroxylation sites is 2. The van der Waals surface area contributed by atoms with Gasteiger partial charge in [0.15, 0.2) is 11.5 Å². The van der Waals surface area contributed by atoms with Crippen LogP contribution in [0.5, 0.6) is 11.5 Å². The van der Waals surface area contributed by atoms with Crippen molar-refractivity contribution in [1.82, 2.24) is 5.32 Å². The minimum absolute atomic E-state index is 0.175. The number of benzene rings is 2. The first-order valence-electron chi connectivity index (χ1n) is 10.2. The molecule has 1 N–H and O–H groups in total. The lowest BCUT2D eigenvalue weighted by atomic mass is 9.78. The van der Waals surface area contributed by atoms with Crippen molar-refractivity contribution in [2.24, 2.45) is 5.41 Å². The Morgan fingerprint density at radius 2 is 1.83 bits per heavy atom. The van der Waals surface area contributed by atoms with E-state index in [2.05, 4.69) is 42.6 Å². The average molecular weight is 404 g/mol. The van der Waals surface area contributed by atoms with Crippen LogP contribution in [0.1, 0.15) is 18.9 Å². The van der Waals surface area contributed by atoms with Crippen molar-refractivity contribution >= 4 is 0 Å². The fourth-order valence-electron chi connectivity index (χ4n) is 3.28. The molecule has 0 heterocycles. The highest BCUT2D eigenvalue weighted by atomic mass is 16.5. The van der Waals surface area contributed by atoms with Crippen LogP contribution in [0, 0.1) is 17.9 Å². The standard InChI is InChI=1S/C26H29NO3/c1-3-27-18-19-28-21-25(26(2)16-10-5-11-17-26)30-24-15-9-8-14-23(24)29-20-22-12-6-4-7-13-22/h1,4-16,25,27H,17-21H2,2H3/t25-,26?/m1/s1. The number of hydrogen-bond donors (Lipinski definition) is 1. The Morgan fingerprint density at radius 3 is 2.57 bits per heavy atom. The Morgan fingerprint density at radius 1 is 1.07 bits per heavy atom. The number of rotatable bonds is 11. The topological polar surface area (TPSA) is 39.7 Å². The molecule has 30 heavy (non-hydrogen) atoms. The molecular formula is C26H29NO3. The normalized spacial score (nSPS) is 18.4. The summed E-state index contributed by atoms with van der Waals surface area (Å²) in [5.41, 5.74) is 0.932. The van der Waals surface area contributed by atoms with Crippen LogP contribution in [0.4, 0.5) is 0 Å². The van der Waals surface area contributed by atoms with Gasteiger partial charge in [0.25, 0.3) is 0 Å². The van der Waals surface area contributed by atoms with Crippen LogP contribution in [0.3, 0.4) is 0 Å². The lowest BCUT2D eigenvalue weighted by molar-refractivity contribution is 0.0000396. The van der Waals surface area contributed by atoms with Gasteiger partial charge >= 0.3 is 0 Å². The Hall–Kier alpha value is -3.16. The maximum atomic E-state index is 6.49. The third-order valence-corrected chi connectivity index (χ3v) is 5.12. The van der Waals surface area contributed by atoms with E-state index in [-0.39, 0.29) is 11.5 Å². The molecule has 0 aliphatic heterocycles. The molecule has 4 heteroatoms. The van der Waals surface area contributed by atoms with Crippen LogP contribution < -0.4 is 14.8 Å². The van der Waals surface area contributed by atoms with Crippen molar-refractivity contribution in [2.45, 2.75) is 26.1 Å². The van der Waals surface area contributed by atoms with E-state index >= 15 is 0 Å². The van der Waals surface area contributed by atoms with Gasteiger partial charge < -0.3 is 19.5 Å². The van der Waals surface area contributed by atoms with E-state index in [1.165, 1.54) is 0 Å². The molecule has 4 nitrogen and oxygen atoms in total. The molecule has 0 saturated carbocycles. The highest BCUT2D eigenvalue weighted by Crippen LogP contribution is 2.37. The van der Waals surface area contributed by atoms with Crippen molar-refractivity contribution in [3.8, 4) is 24.0 Å². The summed E-state index contributed by atoms with van der Waals surface area (Å²) in [5.74, 6) is 1.44. The summed E-state index contributed by atoms with van der Waals surface area (Å²) >= 11 is 0. The molecule has 3 rings (SSSR count). The molecule has 2 aromatic rings. The van der Waals surface area contributed by atoms with E-state index in [9.17, 15) is 0 Å². The molecule has 0 aromatic heterocycles. The lowest BCUT2D eigenvalue weighted by Gasteiger charge is -2.36. The van der Waals surface area contributed by atoms with Crippen molar-refractivity contribution in [1.29, 1.82) is 0 Å². The van der Waals surface area contributed by atoms with Crippen LogP contribution >= 0.6 is 0 Å². The van der Waals surface area contributed by atoms with E-state index in [1.807, 2.05) is 54.6 Å². The van der Waals surface area contributed by atoms with Gasteiger partial charge in [0.2, 0.25) is 0 Å². The summed E-state index contributed by atoms with van der Waals surface area (Å²) in [6.07, 6.45) is 14.4. The summed E-state index contributed by atoms with van der Waals surface area (Å²) in [7, 11) is 0. The van der Waals surface area contributed by atoms with Crippen LogP contribution in [0.15, 0.2) is 78.9 Å². The van der Waals surface area contributed by atoms with E-state index in [0.29, 0.717) is 32.1 Å². The predicted octanol–water partition coefficient (Wildman–Crippen LogP) is 4.73. The monoisotopic (exact) mass is 403 g/mol. The highest BCUT2D eigenvalue weighted by molar-refractivity contribution is 5.40. The van der Waals surface area contributed by atoms with E-state index in [4.69, 9.17) is 20.6 Å². The fraction of sp³-hybridized carbons (Fsp3) is 0.308. The summed E-state index contributed by atoms with van der Waals surface area (Å²) < 4.78 is 18.4.